The van der Waals surface area contributed by atoms with Gasteiger partial charge in [-0.25, -0.2) is 0 Å². The average molecular weight is 445 g/mol. The van der Waals surface area contributed by atoms with Crippen molar-refractivity contribution in [2.75, 3.05) is 0 Å². The van der Waals surface area contributed by atoms with Gasteiger partial charge < -0.3 is 8.83 Å². The molecule has 0 bridgehead atoms. The van der Waals surface area contributed by atoms with Gasteiger partial charge in [-0.2, -0.15) is 0 Å². The Balaban J connectivity index is 1.25. The maximum Gasteiger partial charge on any atom is 0.135 e. The Morgan fingerprint density at radius 3 is 1.41 bits per heavy atom. The number of furan rings is 2. The molecule has 2 heteroatoms. The molecule has 4 aromatic carbocycles. The van der Waals surface area contributed by atoms with Crippen LogP contribution in [0.5, 0.6) is 0 Å². The van der Waals surface area contributed by atoms with Gasteiger partial charge in [-0.3, -0.25) is 0 Å². The third-order valence-corrected chi connectivity index (χ3v) is 7.91. The molecule has 0 aliphatic heterocycles. The molecular weight excluding hydrogens is 416 g/mol. The molecule has 7 rings (SSSR count). The number of fused-ring (bicyclic) bond motifs is 6. The van der Waals surface area contributed by atoms with E-state index in [9.17, 15) is 0 Å². The summed E-state index contributed by atoms with van der Waals surface area (Å²) in [6.07, 6.45) is 4.97. The number of benzene rings is 4. The van der Waals surface area contributed by atoms with Crippen molar-refractivity contribution < 1.29 is 8.83 Å². The predicted octanol–water partition coefficient (Wildman–Crippen LogP) is 9.54. The lowest BCUT2D eigenvalue weighted by Gasteiger charge is -2.30. The minimum absolute atomic E-state index is 0.581. The molecule has 0 amide bonds. The van der Waals surface area contributed by atoms with Crippen LogP contribution in [0.3, 0.4) is 0 Å². The number of aryl methyl sites for hydroxylation is 2. The van der Waals surface area contributed by atoms with Crippen LogP contribution in [0.2, 0.25) is 0 Å². The predicted molar refractivity (Wildman–Crippen MR) is 141 cm³/mol. The quantitative estimate of drug-likeness (QED) is 0.266. The molecule has 2 nitrogen and oxygen atoms in total. The van der Waals surface area contributed by atoms with Gasteiger partial charge in [-0.15, -0.1) is 0 Å². The fourth-order valence-corrected chi connectivity index (χ4v) is 6.12. The summed E-state index contributed by atoms with van der Waals surface area (Å²) >= 11 is 0. The van der Waals surface area contributed by atoms with Crippen LogP contribution in [-0.2, 0) is 0 Å². The minimum Gasteiger partial charge on any atom is -0.456 e. The lowest BCUT2D eigenvalue weighted by atomic mass is 9.75. The van der Waals surface area contributed by atoms with Crippen LogP contribution in [0.4, 0.5) is 0 Å². The van der Waals surface area contributed by atoms with E-state index in [1.165, 1.54) is 69.5 Å². The first kappa shape index (κ1) is 19.9. The van der Waals surface area contributed by atoms with Gasteiger partial charge in [-0.1, -0.05) is 41.8 Å². The van der Waals surface area contributed by atoms with Crippen LogP contribution >= 0.6 is 0 Å². The van der Waals surface area contributed by atoms with Gasteiger partial charge in [0.2, 0.25) is 0 Å². The van der Waals surface area contributed by atoms with E-state index >= 15 is 0 Å². The molecule has 0 saturated heterocycles. The third-order valence-electron chi connectivity index (χ3n) is 7.91. The Bertz CT molecular complexity index is 1570. The summed E-state index contributed by atoms with van der Waals surface area (Å²) in [5.41, 5.74) is 9.39. The van der Waals surface area contributed by atoms with Gasteiger partial charge >= 0.3 is 0 Å². The van der Waals surface area contributed by atoms with Crippen molar-refractivity contribution in [3.8, 4) is 0 Å². The van der Waals surface area contributed by atoms with Crippen molar-refractivity contribution in [3.63, 3.8) is 0 Å². The molecule has 6 aromatic rings. The summed E-state index contributed by atoms with van der Waals surface area (Å²) in [5.74, 6) is 1.16. The zero-order valence-electron chi connectivity index (χ0n) is 19.7. The molecule has 1 aliphatic carbocycles. The Morgan fingerprint density at radius 1 is 0.529 bits per heavy atom. The minimum atomic E-state index is 0.581. The van der Waals surface area contributed by atoms with Gasteiger partial charge in [0, 0.05) is 21.5 Å². The van der Waals surface area contributed by atoms with Crippen molar-refractivity contribution in [1.82, 2.24) is 0 Å². The summed E-state index contributed by atoms with van der Waals surface area (Å²) in [5, 5.41) is 4.97. The van der Waals surface area contributed by atoms with E-state index in [4.69, 9.17) is 8.83 Å². The van der Waals surface area contributed by atoms with Gasteiger partial charge in [0.1, 0.15) is 22.3 Å². The summed E-state index contributed by atoms with van der Waals surface area (Å²) in [7, 11) is 0. The van der Waals surface area contributed by atoms with Gasteiger partial charge in [0.15, 0.2) is 0 Å². The second-order valence-electron chi connectivity index (χ2n) is 10.3. The standard InChI is InChI=1S/C32H28O2/c1-19-6-10-29-25(14-19)27-17-23(8-12-31(27)33-29)21-4-3-5-22(16-21)24-9-13-32-28(18-24)26-15-20(2)7-11-30(26)34-32/h6-15,17-18,21-22H,3-5,16H2,1-2H3. The van der Waals surface area contributed by atoms with Crippen LogP contribution in [0, 0.1) is 13.8 Å². The van der Waals surface area contributed by atoms with E-state index in [1.54, 1.807) is 0 Å². The smallest absolute Gasteiger partial charge is 0.135 e. The molecule has 2 atom stereocenters. The Morgan fingerprint density at radius 2 is 0.941 bits per heavy atom. The molecule has 0 spiro atoms. The zero-order chi connectivity index (χ0) is 22.8. The van der Waals surface area contributed by atoms with Crippen molar-refractivity contribution >= 4 is 43.9 Å². The number of rotatable bonds is 2. The average Bonchev–Trinajstić information content (AvgIpc) is 3.41. The van der Waals surface area contributed by atoms with Gasteiger partial charge in [0.05, 0.1) is 0 Å². The SMILES string of the molecule is Cc1ccc2oc3ccc(C4CCCC(c5ccc6oc7ccc(C)cc7c6c5)C4)cc3c2c1. The van der Waals surface area contributed by atoms with Crippen molar-refractivity contribution in [3.05, 3.63) is 95.1 Å². The lowest BCUT2D eigenvalue weighted by Crippen LogP contribution is -2.13. The first-order chi connectivity index (χ1) is 16.6. The molecule has 2 unspecified atom stereocenters. The normalized spacial score (nSPS) is 19.0. The fraction of sp³-hybridized carbons (Fsp3) is 0.250. The fourth-order valence-electron chi connectivity index (χ4n) is 6.12. The molecule has 1 fully saturated rings. The highest BCUT2D eigenvalue weighted by Crippen LogP contribution is 2.44. The highest BCUT2D eigenvalue weighted by atomic mass is 16.3. The Hall–Kier alpha value is -3.52. The second-order valence-corrected chi connectivity index (χ2v) is 10.3. The molecule has 0 radical (unpaired) electrons. The largest absolute Gasteiger partial charge is 0.456 e. The number of hydrogen-bond acceptors (Lipinski definition) is 2. The van der Waals surface area contributed by atoms with Crippen molar-refractivity contribution in [2.24, 2.45) is 0 Å². The molecule has 34 heavy (non-hydrogen) atoms. The zero-order valence-corrected chi connectivity index (χ0v) is 19.7. The first-order valence-electron chi connectivity index (χ1n) is 12.5. The molecule has 2 heterocycles. The monoisotopic (exact) mass is 444 g/mol. The van der Waals surface area contributed by atoms with E-state index < -0.39 is 0 Å². The molecule has 168 valence electrons. The van der Waals surface area contributed by atoms with Crippen LogP contribution in [-0.4, -0.2) is 0 Å². The number of hydrogen-bond donors (Lipinski definition) is 0. The molecule has 1 saturated carbocycles. The molecule has 2 aromatic heterocycles. The Kier molecular flexibility index (Phi) is 4.39. The maximum atomic E-state index is 6.11. The van der Waals surface area contributed by atoms with Crippen LogP contribution < -0.4 is 0 Å². The van der Waals surface area contributed by atoms with Gasteiger partial charge in [-0.05, 0) is 105 Å². The highest BCUT2D eigenvalue weighted by molar-refractivity contribution is 6.06. The Labute approximate surface area is 199 Å². The van der Waals surface area contributed by atoms with Crippen molar-refractivity contribution in [1.29, 1.82) is 0 Å². The highest BCUT2D eigenvalue weighted by Gasteiger charge is 2.25. The van der Waals surface area contributed by atoms with E-state index in [-0.39, 0.29) is 0 Å². The molecular formula is C32H28O2. The van der Waals surface area contributed by atoms with Crippen molar-refractivity contribution in [2.45, 2.75) is 51.4 Å². The topological polar surface area (TPSA) is 26.3 Å². The van der Waals surface area contributed by atoms with Crippen LogP contribution in [0.25, 0.3) is 43.9 Å². The first-order valence-corrected chi connectivity index (χ1v) is 12.5. The van der Waals surface area contributed by atoms with Crippen LogP contribution in [0.15, 0.2) is 81.6 Å². The molecule has 1 aliphatic rings. The summed E-state index contributed by atoms with van der Waals surface area (Å²) < 4.78 is 12.2. The summed E-state index contributed by atoms with van der Waals surface area (Å²) in [4.78, 5) is 0. The van der Waals surface area contributed by atoms with E-state index in [0.29, 0.717) is 11.8 Å². The third kappa shape index (κ3) is 3.16. The maximum absolute atomic E-state index is 6.11. The van der Waals surface area contributed by atoms with E-state index in [1.807, 2.05) is 0 Å². The van der Waals surface area contributed by atoms with E-state index in [2.05, 4.69) is 86.6 Å². The molecule has 0 N–H and O–H groups in total. The summed E-state index contributed by atoms with van der Waals surface area (Å²) in [6.45, 7) is 4.30. The van der Waals surface area contributed by atoms with Gasteiger partial charge in [0.25, 0.3) is 0 Å². The van der Waals surface area contributed by atoms with Crippen LogP contribution in [0.1, 0.15) is 59.8 Å². The second kappa shape index (κ2) is 7.50. The summed E-state index contributed by atoms with van der Waals surface area (Å²) in [6, 6.07) is 26.7. The lowest BCUT2D eigenvalue weighted by molar-refractivity contribution is 0.394. The van der Waals surface area contributed by atoms with E-state index in [0.717, 1.165) is 22.3 Å².